The van der Waals surface area contributed by atoms with Crippen molar-refractivity contribution >= 4 is 5.69 Å². The van der Waals surface area contributed by atoms with Crippen molar-refractivity contribution in [2.75, 3.05) is 12.4 Å². The first kappa shape index (κ1) is 10.2. The minimum Gasteiger partial charge on any atom is -0.388 e. The molecule has 16 heavy (non-hydrogen) atoms. The Kier molecular flexibility index (Phi) is 2.59. The van der Waals surface area contributed by atoms with E-state index in [-0.39, 0.29) is 0 Å². The molecule has 0 saturated heterocycles. The van der Waals surface area contributed by atoms with Gasteiger partial charge in [-0.3, -0.25) is 14.3 Å². The summed E-state index contributed by atoms with van der Waals surface area (Å²) in [5.41, 5.74) is 0.833. The van der Waals surface area contributed by atoms with Crippen molar-refractivity contribution in [3.05, 3.63) is 57.4 Å². The smallest absolute Gasteiger partial charge is 0.332 e. The lowest BCUT2D eigenvalue weighted by Crippen LogP contribution is -2.27. The zero-order valence-electron chi connectivity index (χ0n) is 8.73. The molecule has 82 valence electrons. The van der Waals surface area contributed by atoms with E-state index in [1.54, 1.807) is 12.1 Å². The van der Waals surface area contributed by atoms with Gasteiger partial charge in [-0.05, 0) is 24.3 Å². The Morgan fingerprint density at radius 1 is 1.12 bits per heavy atom. The fourth-order valence-corrected chi connectivity index (χ4v) is 1.41. The van der Waals surface area contributed by atoms with Crippen LogP contribution in [0.5, 0.6) is 0 Å². The van der Waals surface area contributed by atoms with Crippen LogP contribution in [0, 0.1) is 0 Å². The van der Waals surface area contributed by atoms with Crippen molar-refractivity contribution in [2.24, 2.45) is 0 Å². The van der Waals surface area contributed by atoms with E-state index in [0.717, 1.165) is 5.69 Å². The summed E-state index contributed by atoms with van der Waals surface area (Å²) in [6, 6.07) is 8.62. The number of benzene rings is 1. The highest BCUT2D eigenvalue weighted by Gasteiger charge is 1.99. The Morgan fingerprint density at radius 2 is 1.81 bits per heavy atom. The highest BCUT2D eigenvalue weighted by atomic mass is 16.2. The van der Waals surface area contributed by atoms with E-state index < -0.39 is 11.2 Å². The topological polar surface area (TPSA) is 66.9 Å². The van der Waals surface area contributed by atoms with Crippen LogP contribution in [0.25, 0.3) is 5.69 Å². The van der Waals surface area contributed by atoms with Crippen LogP contribution < -0.4 is 16.6 Å². The molecule has 0 aliphatic rings. The summed E-state index contributed by atoms with van der Waals surface area (Å²) in [4.78, 5) is 24.6. The van der Waals surface area contributed by atoms with E-state index in [9.17, 15) is 9.59 Å². The minimum atomic E-state index is -0.440. The van der Waals surface area contributed by atoms with Gasteiger partial charge in [-0.1, -0.05) is 0 Å². The normalized spacial score (nSPS) is 10.1. The molecule has 0 amide bonds. The van der Waals surface area contributed by atoms with E-state index in [1.165, 1.54) is 16.8 Å². The van der Waals surface area contributed by atoms with Crippen molar-refractivity contribution in [1.29, 1.82) is 0 Å². The molecule has 2 aromatic rings. The van der Waals surface area contributed by atoms with Gasteiger partial charge in [0.2, 0.25) is 0 Å². The van der Waals surface area contributed by atoms with Crippen molar-refractivity contribution in [3.8, 4) is 5.69 Å². The summed E-state index contributed by atoms with van der Waals surface area (Å²) in [6.45, 7) is 0. The molecule has 1 heterocycles. The van der Waals surface area contributed by atoms with Gasteiger partial charge in [-0.15, -0.1) is 0 Å². The van der Waals surface area contributed by atoms with Gasteiger partial charge in [0.1, 0.15) is 0 Å². The van der Waals surface area contributed by atoms with Gasteiger partial charge in [0, 0.05) is 25.0 Å². The van der Waals surface area contributed by atoms with Gasteiger partial charge >= 0.3 is 5.69 Å². The number of nitrogens with one attached hydrogen (secondary N) is 2. The molecule has 0 bridgehead atoms. The van der Waals surface area contributed by atoms with Crippen LogP contribution in [0.3, 0.4) is 0 Å². The second kappa shape index (κ2) is 4.06. The third kappa shape index (κ3) is 1.88. The van der Waals surface area contributed by atoms with Crippen LogP contribution in [0.4, 0.5) is 5.69 Å². The molecule has 0 radical (unpaired) electrons. The van der Waals surface area contributed by atoms with Gasteiger partial charge in [0.25, 0.3) is 5.56 Å². The van der Waals surface area contributed by atoms with Crippen LogP contribution in [0.2, 0.25) is 0 Å². The van der Waals surface area contributed by atoms with Gasteiger partial charge in [-0.2, -0.15) is 0 Å². The Labute approximate surface area is 91.4 Å². The maximum Gasteiger partial charge on any atom is 0.332 e. The first-order chi connectivity index (χ1) is 7.70. The van der Waals surface area contributed by atoms with Gasteiger partial charge in [-0.25, -0.2) is 4.79 Å². The number of hydrogen-bond acceptors (Lipinski definition) is 3. The molecule has 0 aliphatic heterocycles. The predicted octanol–water partition coefficient (Wildman–Crippen LogP) is 0.567. The second-order valence-corrected chi connectivity index (χ2v) is 3.28. The summed E-state index contributed by atoms with van der Waals surface area (Å²) in [5.74, 6) is 0. The van der Waals surface area contributed by atoms with E-state index in [4.69, 9.17) is 0 Å². The molecule has 0 unspecified atom stereocenters. The monoisotopic (exact) mass is 217 g/mol. The highest BCUT2D eigenvalue weighted by Crippen LogP contribution is 2.10. The Bertz CT molecular complexity index is 596. The van der Waals surface area contributed by atoms with Crippen LogP contribution in [-0.2, 0) is 0 Å². The number of anilines is 1. The number of aromatic nitrogens is 2. The van der Waals surface area contributed by atoms with E-state index in [1.807, 2.05) is 19.2 Å². The van der Waals surface area contributed by atoms with Crippen LogP contribution in [0.15, 0.2) is 46.1 Å². The van der Waals surface area contributed by atoms with Crippen molar-refractivity contribution in [1.82, 2.24) is 9.55 Å². The molecule has 2 rings (SSSR count). The van der Waals surface area contributed by atoms with Gasteiger partial charge in [0.05, 0.1) is 5.69 Å². The number of H-pyrrole nitrogens is 1. The molecule has 5 heteroatoms. The molecule has 5 nitrogen and oxygen atoms in total. The van der Waals surface area contributed by atoms with E-state index in [0.29, 0.717) is 5.69 Å². The standard InChI is InChI=1S/C11H11N3O2/c1-12-8-2-4-9(5-3-8)14-7-6-10(15)13-11(14)16/h2-7,12H,1H3,(H,13,15,16). The molecule has 0 fully saturated rings. The highest BCUT2D eigenvalue weighted by molar-refractivity contribution is 5.48. The molecule has 0 aliphatic carbocycles. The maximum absolute atomic E-state index is 11.5. The zero-order chi connectivity index (χ0) is 11.5. The fraction of sp³-hybridized carbons (Fsp3) is 0.0909. The van der Waals surface area contributed by atoms with Crippen molar-refractivity contribution < 1.29 is 0 Å². The Hall–Kier alpha value is -2.30. The van der Waals surface area contributed by atoms with Crippen molar-refractivity contribution in [3.63, 3.8) is 0 Å². The lowest BCUT2D eigenvalue weighted by atomic mass is 10.3. The molecule has 1 aromatic carbocycles. The SMILES string of the molecule is CNc1ccc(-n2ccc(=O)[nH]c2=O)cc1. The Balaban J connectivity index is 2.50. The summed E-state index contributed by atoms with van der Waals surface area (Å²) in [7, 11) is 1.82. The Morgan fingerprint density at radius 3 is 2.38 bits per heavy atom. The number of rotatable bonds is 2. The van der Waals surface area contributed by atoms with Crippen molar-refractivity contribution in [2.45, 2.75) is 0 Å². The van der Waals surface area contributed by atoms with E-state index in [2.05, 4.69) is 10.3 Å². The molecule has 0 spiro atoms. The fourth-order valence-electron chi connectivity index (χ4n) is 1.41. The van der Waals surface area contributed by atoms with E-state index >= 15 is 0 Å². The zero-order valence-corrected chi connectivity index (χ0v) is 8.73. The van der Waals surface area contributed by atoms with Crippen LogP contribution in [0.1, 0.15) is 0 Å². The van der Waals surface area contributed by atoms with Crippen LogP contribution >= 0.6 is 0 Å². The summed E-state index contributed by atoms with van der Waals surface area (Å²) in [6.07, 6.45) is 1.45. The van der Waals surface area contributed by atoms with Gasteiger partial charge in [0.15, 0.2) is 0 Å². The largest absolute Gasteiger partial charge is 0.388 e. The number of aromatic amines is 1. The third-order valence-electron chi connectivity index (χ3n) is 2.26. The third-order valence-corrected chi connectivity index (χ3v) is 2.26. The molecule has 1 aromatic heterocycles. The number of hydrogen-bond donors (Lipinski definition) is 2. The molecule has 2 N–H and O–H groups in total. The molecular weight excluding hydrogens is 206 g/mol. The maximum atomic E-state index is 11.5. The summed E-state index contributed by atoms with van der Waals surface area (Å²) in [5, 5.41) is 2.98. The number of nitrogens with zero attached hydrogens (tertiary/aromatic N) is 1. The average Bonchev–Trinajstić information content (AvgIpc) is 2.29. The average molecular weight is 217 g/mol. The van der Waals surface area contributed by atoms with Crippen LogP contribution in [-0.4, -0.2) is 16.6 Å². The molecule has 0 atom stereocenters. The summed E-state index contributed by atoms with van der Waals surface area (Å²) >= 11 is 0. The first-order valence-corrected chi connectivity index (χ1v) is 4.81. The summed E-state index contributed by atoms with van der Waals surface area (Å²) < 4.78 is 1.38. The molecule has 0 saturated carbocycles. The van der Waals surface area contributed by atoms with Gasteiger partial charge < -0.3 is 5.32 Å². The second-order valence-electron chi connectivity index (χ2n) is 3.28. The molecular formula is C11H11N3O2. The first-order valence-electron chi connectivity index (χ1n) is 4.81. The lowest BCUT2D eigenvalue weighted by Gasteiger charge is -2.05. The quantitative estimate of drug-likeness (QED) is 0.772. The predicted molar refractivity (Wildman–Crippen MR) is 62.2 cm³/mol. The minimum absolute atomic E-state index is 0.395. The lowest BCUT2D eigenvalue weighted by molar-refractivity contribution is 0.896.